The first-order valence-electron chi connectivity index (χ1n) is 4.20. The number of fused-ring (bicyclic) bond motifs is 1. The van der Waals surface area contributed by atoms with Crippen LogP contribution < -0.4 is 0 Å². The van der Waals surface area contributed by atoms with Crippen molar-refractivity contribution in [1.82, 2.24) is 9.78 Å². The standard InChI is InChI=1S/C10H11ClN2/c1-7-3-4-8-9(6-11)12-13(2)10(8)5-7/h3-5H,6H2,1-2H3. The molecule has 1 aromatic carbocycles. The molecule has 0 radical (unpaired) electrons. The van der Waals surface area contributed by atoms with Crippen LogP contribution in [0.4, 0.5) is 0 Å². The summed E-state index contributed by atoms with van der Waals surface area (Å²) in [5.41, 5.74) is 3.35. The lowest BCUT2D eigenvalue weighted by molar-refractivity contribution is 0.780. The number of alkyl halides is 1. The van der Waals surface area contributed by atoms with E-state index < -0.39 is 0 Å². The highest BCUT2D eigenvalue weighted by Gasteiger charge is 2.06. The molecule has 1 heterocycles. The maximum atomic E-state index is 5.78. The molecule has 2 nitrogen and oxygen atoms in total. The molecule has 13 heavy (non-hydrogen) atoms. The van der Waals surface area contributed by atoms with Crippen LogP contribution in [0.5, 0.6) is 0 Å². The van der Waals surface area contributed by atoms with Crippen molar-refractivity contribution in [2.45, 2.75) is 12.8 Å². The van der Waals surface area contributed by atoms with E-state index in [4.69, 9.17) is 11.6 Å². The lowest BCUT2D eigenvalue weighted by Gasteiger charge is -1.95. The van der Waals surface area contributed by atoms with Crippen molar-refractivity contribution in [3.8, 4) is 0 Å². The van der Waals surface area contributed by atoms with Gasteiger partial charge in [-0.1, -0.05) is 12.1 Å². The molecule has 0 spiro atoms. The van der Waals surface area contributed by atoms with E-state index in [-0.39, 0.29) is 0 Å². The normalized spacial score (nSPS) is 11.0. The molecular weight excluding hydrogens is 184 g/mol. The minimum Gasteiger partial charge on any atom is -0.268 e. The van der Waals surface area contributed by atoms with Crippen LogP contribution >= 0.6 is 11.6 Å². The summed E-state index contributed by atoms with van der Waals surface area (Å²) >= 11 is 5.78. The van der Waals surface area contributed by atoms with E-state index in [0.29, 0.717) is 5.88 Å². The van der Waals surface area contributed by atoms with Gasteiger partial charge in [0.1, 0.15) is 0 Å². The first kappa shape index (κ1) is 8.57. The van der Waals surface area contributed by atoms with Gasteiger partial charge in [-0.2, -0.15) is 5.10 Å². The van der Waals surface area contributed by atoms with Gasteiger partial charge in [-0.3, -0.25) is 4.68 Å². The molecule has 0 aliphatic carbocycles. The van der Waals surface area contributed by atoms with Crippen LogP contribution in [0.15, 0.2) is 18.2 Å². The van der Waals surface area contributed by atoms with Gasteiger partial charge in [0, 0.05) is 12.4 Å². The molecule has 1 aromatic heterocycles. The average molecular weight is 195 g/mol. The summed E-state index contributed by atoms with van der Waals surface area (Å²) < 4.78 is 1.88. The van der Waals surface area contributed by atoms with E-state index >= 15 is 0 Å². The fraction of sp³-hybridized carbons (Fsp3) is 0.300. The molecule has 0 saturated heterocycles. The summed E-state index contributed by atoms with van der Waals surface area (Å²) in [4.78, 5) is 0. The van der Waals surface area contributed by atoms with Crippen molar-refractivity contribution in [1.29, 1.82) is 0 Å². The highest BCUT2D eigenvalue weighted by Crippen LogP contribution is 2.20. The van der Waals surface area contributed by atoms with Gasteiger partial charge in [-0.25, -0.2) is 0 Å². The predicted molar refractivity (Wildman–Crippen MR) is 55.0 cm³/mol. The van der Waals surface area contributed by atoms with E-state index in [1.165, 1.54) is 5.56 Å². The summed E-state index contributed by atoms with van der Waals surface area (Å²) in [6.07, 6.45) is 0. The number of hydrogen-bond donors (Lipinski definition) is 0. The lowest BCUT2D eigenvalue weighted by atomic mass is 10.1. The third kappa shape index (κ3) is 1.31. The summed E-state index contributed by atoms with van der Waals surface area (Å²) in [6.45, 7) is 2.08. The van der Waals surface area contributed by atoms with E-state index in [2.05, 4.69) is 30.2 Å². The van der Waals surface area contributed by atoms with Crippen molar-refractivity contribution in [2.24, 2.45) is 7.05 Å². The van der Waals surface area contributed by atoms with Crippen LogP contribution in [0, 0.1) is 6.92 Å². The third-order valence-corrected chi connectivity index (χ3v) is 2.46. The minimum absolute atomic E-state index is 0.473. The second-order valence-corrected chi connectivity index (χ2v) is 3.49. The maximum absolute atomic E-state index is 5.78. The van der Waals surface area contributed by atoms with Gasteiger partial charge >= 0.3 is 0 Å². The summed E-state index contributed by atoms with van der Waals surface area (Å²) in [7, 11) is 1.94. The van der Waals surface area contributed by atoms with Crippen LogP contribution in [0.25, 0.3) is 10.9 Å². The Morgan fingerprint density at radius 2 is 2.23 bits per heavy atom. The van der Waals surface area contributed by atoms with Gasteiger partial charge in [-0.15, -0.1) is 11.6 Å². The zero-order valence-corrected chi connectivity index (χ0v) is 8.47. The van der Waals surface area contributed by atoms with Crippen LogP contribution in [0.2, 0.25) is 0 Å². The number of rotatable bonds is 1. The Kier molecular flexibility index (Phi) is 2.00. The molecule has 0 amide bonds. The van der Waals surface area contributed by atoms with Gasteiger partial charge in [0.15, 0.2) is 0 Å². The number of hydrogen-bond acceptors (Lipinski definition) is 1. The fourth-order valence-electron chi connectivity index (χ4n) is 1.54. The first-order chi connectivity index (χ1) is 6.22. The van der Waals surface area contributed by atoms with Crippen LogP contribution in [-0.4, -0.2) is 9.78 Å². The van der Waals surface area contributed by atoms with Crippen LogP contribution in [0.3, 0.4) is 0 Å². The maximum Gasteiger partial charge on any atom is 0.0850 e. The van der Waals surface area contributed by atoms with Crippen LogP contribution in [0.1, 0.15) is 11.3 Å². The van der Waals surface area contributed by atoms with Crippen molar-refractivity contribution >= 4 is 22.5 Å². The number of halogens is 1. The molecule has 2 aromatic rings. The number of aryl methyl sites for hydroxylation is 2. The van der Waals surface area contributed by atoms with Gasteiger partial charge in [0.25, 0.3) is 0 Å². The predicted octanol–water partition coefficient (Wildman–Crippen LogP) is 2.62. The van der Waals surface area contributed by atoms with Crippen molar-refractivity contribution in [2.75, 3.05) is 0 Å². The second-order valence-electron chi connectivity index (χ2n) is 3.22. The van der Waals surface area contributed by atoms with Gasteiger partial charge in [0.05, 0.1) is 17.1 Å². The highest BCUT2D eigenvalue weighted by molar-refractivity contribution is 6.17. The van der Waals surface area contributed by atoms with Crippen molar-refractivity contribution in [3.63, 3.8) is 0 Å². The minimum atomic E-state index is 0.473. The molecule has 3 heteroatoms. The van der Waals surface area contributed by atoms with Gasteiger partial charge in [-0.05, 0) is 18.6 Å². The summed E-state index contributed by atoms with van der Waals surface area (Å²) in [6, 6.07) is 6.29. The Bertz CT molecular complexity index is 445. The Hall–Kier alpha value is -1.02. The van der Waals surface area contributed by atoms with E-state index in [1.807, 2.05) is 11.7 Å². The van der Waals surface area contributed by atoms with Gasteiger partial charge in [0.2, 0.25) is 0 Å². The molecule has 0 aliphatic heterocycles. The second kappa shape index (κ2) is 3.04. The van der Waals surface area contributed by atoms with Crippen molar-refractivity contribution in [3.05, 3.63) is 29.5 Å². The quantitative estimate of drug-likeness (QED) is 0.639. The molecule has 0 aliphatic rings. The highest BCUT2D eigenvalue weighted by atomic mass is 35.5. The molecule has 2 rings (SSSR count). The number of benzene rings is 1. The first-order valence-corrected chi connectivity index (χ1v) is 4.74. The molecule has 68 valence electrons. The average Bonchev–Trinajstić information content (AvgIpc) is 2.43. The van der Waals surface area contributed by atoms with E-state index in [9.17, 15) is 0 Å². The zero-order chi connectivity index (χ0) is 9.42. The lowest BCUT2D eigenvalue weighted by Crippen LogP contribution is -1.90. The topological polar surface area (TPSA) is 17.8 Å². The fourth-order valence-corrected chi connectivity index (χ4v) is 1.74. The molecule has 0 bridgehead atoms. The van der Waals surface area contributed by atoms with Gasteiger partial charge < -0.3 is 0 Å². The monoisotopic (exact) mass is 194 g/mol. The number of aromatic nitrogens is 2. The molecule has 0 saturated carbocycles. The molecule has 0 fully saturated rings. The Morgan fingerprint density at radius 3 is 2.92 bits per heavy atom. The molecule has 0 N–H and O–H groups in total. The van der Waals surface area contributed by atoms with E-state index in [1.54, 1.807) is 0 Å². The Labute approximate surface area is 82.1 Å². The zero-order valence-electron chi connectivity index (χ0n) is 7.71. The van der Waals surface area contributed by atoms with Crippen LogP contribution in [-0.2, 0) is 12.9 Å². The summed E-state index contributed by atoms with van der Waals surface area (Å²) in [5, 5.41) is 5.49. The smallest absolute Gasteiger partial charge is 0.0850 e. The Balaban J connectivity index is 2.80. The SMILES string of the molecule is Cc1ccc2c(CCl)nn(C)c2c1. The third-order valence-electron chi connectivity index (χ3n) is 2.21. The van der Waals surface area contributed by atoms with Crippen molar-refractivity contribution < 1.29 is 0 Å². The van der Waals surface area contributed by atoms with E-state index in [0.717, 1.165) is 16.6 Å². The molecule has 0 unspecified atom stereocenters. The molecular formula is C10H11ClN2. The summed E-state index contributed by atoms with van der Waals surface area (Å²) in [5.74, 6) is 0.473. The largest absolute Gasteiger partial charge is 0.268 e. The number of nitrogens with zero attached hydrogens (tertiary/aromatic N) is 2. The Morgan fingerprint density at radius 1 is 1.46 bits per heavy atom. The molecule has 0 atom stereocenters.